The Balaban J connectivity index is 1.29. The van der Waals surface area contributed by atoms with Gasteiger partial charge >= 0.3 is 12.1 Å². The van der Waals surface area contributed by atoms with Crippen molar-refractivity contribution >= 4 is 18.0 Å². The van der Waals surface area contributed by atoms with Crippen LogP contribution in [0.2, 0.25) is 0 Å². The minimum atomic E-state index is -1.46. The smallest absolute Gasteiger partial charge is 0.408 e. The fourth-order valence-electron chi connectivity index (χ4n) is 6.06. The number of aliphatic hydroxyl groups is 1. The van der Waals surface area contributed by atoms with E-state index >= 15 is 0 Å². The number of carbonyl (C=O) groups is 3. The summed E-state index contributed by atoms with van der Waals surface area (Å²) in [5, 5.41) is 24.3. The Hall–Kier alpha value is -3.39. The molecule has 2 fully saturated rings. The molecule has 2 atom stereocenters. The lowest BCUT2D eigenvalue weighted by Gasteiger charge is -2.59. The molecule has 0 aromatic heterocycles. The fourth-order valence-corrected chi connectivity index (χ4v) is 6.06. The summed E-state index contributed by atoms with van der Waals surface area (Å²) in [7, 11) is 0. The van der Waals surface area contributed by atoms with Crippen molar-refractivity contribution < 1.29 is 29.3 Å². The minimum absolute atomic E-state index is 0.0114. The van der Waals surface area contributed by atoms with E-state index in [2.05, 4.69) is 22.8 Å². The van der Waals surface area contributed by atoms with Gasteiger partial charge in [0.2, 0.25) is 5.91 Å². The fraction of sp³-hybridized carbons (Fsp3) is 0.444. The second-order valence-corrected chi connectivity index (χ2v) is 10.3. The molecule has 8 heteroatoms. The number of aliphatic hydroxyl groups excluding tert-OH is 1. The standard InChI is InChI=1S/C27H30N2O6/c1-16(30)22(23(31)32)28-24(33)27(14-26(15-27)11-6-12-26)29-25(34)35-13-21-19-9-4-2-7-17(19)18-8-3-5-10-20(18)21/h2-5,7-10,16,21-22,30H,6,11-15H2,1H3,(H,28,33)(H,29,34)(H,31,32). The van der Waals surface area contributed by atoms with Gasteiger partial charge in [-0.3, -0.25) is 4.79 Å². The highest BCUT2D eigenvalue weighted by atomic mass is 16.5. The van der Waals surface area contributed by atoms with E-state index in [-0.39, 0.29) is 17.9 Å². The van der Waals surface area contributed by atoms with E-state index < -0.39 is 35.7 Å². The van der Waals surface area contributed by atoms with Gasteiger partial charge in [-0.2, -0.15) is 0 Å². The van der Waals surface area contributed by atoms with Crippen molar-refractivity contribution in [1.29, 1.82) is 0 Å². The molecule has 2 aromatic carbocycles. The number of carbonyl (C=O) groups excluding carboxylic acids is 2. The maximum Gasteiger partial charge on any atom is 0.408 e. The van der Waals surface area contributed by atoms with E-state index in [0.717, 1.165) is 41.5 Å². The zero-order valence-corrected chi connectivity index (χ0v) is 19.6. The second kappa shape index (κ2) is 8.68. The van der Waals surface area contributed by atoms with Crippen molar-refractivity contribution in [2.45, 2.75) is 62.6 Å². The Bertz CT molecular complexity index is 1120. The zero-order valence-electron chi connectivity index (χ0n) is 19.6. The monoisotopic (exact) mass is 478 g/mol. The topological polar surface area (TPSA) is 125 Å². The summed E-state index contributed by atoms with van der Waals surface area (Å²) in [5.41, 5.74) is 3.19. The number of ether oxygens (including phenoxy) is 1. The van der Waals surface area contributed by atoms with Crippen molar-refractivity contribution in [3.63, 3.8) is 0 Å². The Morgan fingerprint density at radius 2 is 1.60 bits per heavy atom. The van der Waals surface area contributed by atoms with Crippen LogP contribution >= 0.6 is 0 Å². The van der Waals surface area contributed by atoms with Crippen molar-refractivity contribution in [1.82, 2.24) is 10.6 Å². The lowest BCUT2D eigenvalue weighted by molar-refractivity contribution is -0.152. The minimum Gasteiger partial charge on any atom is -0.480 e. The molecule has 0 bridgehead atoms. The van der Waals surface area contributed by atoms with Crippen LogP contribution in [0.3, 0.4) is 0 Å². The van der Waals surface area contributed by atoms with Crippen LogP contribution in [0.1, 0.15) is 56.1 Å². The van der Waals surface area contributed by atoms with E-state index in [1.54, 1.807) is 0 Å². The molecule has 35 heavy (non-hydrogen) atoms. The van der Waals surface area contributed by atoms with Crippen LogP contribution in [0.15, 0.2) is 48.5 Å². The molecule has 2 saturated carbocycles. The first kappa shape index (κ1) is 23.4. The number of amides is 2. The quantitative estimate of drug-likeness (QED) is 0.484. The summed E-state index contributed by atoms with van der Waals surface area (Å²) in [6, 6.07) is 14.6. The van der Waals surface area contributed by atoms with Crippen LogP contribution in [0, 0.1) is 5.41 Å². The van der Waals surface area contributed by atoms with Gasteiger partial charge < -0.3 is 25.6 Å². The summed E-state index contributed by atoms with van der Waals surface area (Å²) in [6.45, 7) is 1.42. The number of benzene rings is 2. The third-order valence-corrected chi connectivity index (χ3v) is 7.92. The molecule has 0 aliphatic heterocycles. The van der Waals surface area contributed by atoms with Crippen LogP contribution < -0.4 is 10.6 Å². The van der Waals surface area contributed by atoms with Crippen molar-refractivity contribution in [3.8, 4) is 11.1 Å². The molecule has 0 heterocycles. The first-order chi connectivity index (χ1) is 16.7. The van der Waals surface area contributed by atoms with Crippen LogP contribution in [-0.2, 0) is 14.3 Å². The Labute approximate surface area is 203 Å². The van der Waals surface area contributed by atoms with Gasteiger partial charge in [0.05, 0.1) is 6.10 Å². The van der Waals surface area contributed by atoms with Gasteiger partial charge in [-0.05, 0) is 60.3 Å². The summed E-state index contributed by atoms with van der Waals surface area (Å²) in [5.74, 6) is -2.04. The molecule has 0 saturated heterocycles. The van der Waals surface area contributed by atoms with Gasteiger partial charge in [-0.25, -0.2) is 9.59 Å². The molecule has 2 unspecified atom stereocenters. The van der Waals surface area contributed by atoms with Gasteiger partial charge in [0.15, 0.2) is 6.04 Å². The first-order valence-corrected chi connectivity index (χ1v) is 12.1. The predicted molar refractivity (Wildman–Crippen MR) is 128 cm³/mol. The summed E-state index contributed by atoms with van der Waals surface area (Å²) < 4.78 is 5.65. The highest BCUT2D eigenvalue weighted by Gasteiger charge is 2.62. The maximum atomic E-state index is 13.2. The van der Waals surface area contributed by atoms with Crippen LogP contribution in [0.5, 0.6) is 0 Å². The maximum absolute atomic E-state index is 13.2. The molecule has 4 N–H and O–H groups in total. The Morgan fingerprint density at radius 1 is 1.03 bits per heavy atom. The molecule has 3 aliphatic rings. The second-order valence-electron chi connectivity index (χ2n) is 10.3. The number of alkyl carbamates (subject to hydrolysis) is 1. The number of nitrogens with one attached hydrogen (secondary N) is 2. The predicted octanol–water partition coefficient (Wildman–Crippen LogP) is 3.18. The largest absolute Gasteiger partial charge is 0.480 e. The number of rotatable bonds is 7. The third-order valence-electron chi connectivity index (χ3n) is 7.92. The van der Waals surface area contributed by atoms with E-state index in [9.17, 15) is 24.6 Å². The summed E-state index contributed by atoms with van der Waals surface area (Å²) >= 11 is 0. The molecule has 2 amide bonds. The number of hydrogen-bond acceptors (Lipinski definition) is 5. The molecule has 2 aromatic rings. The Morgan fingerprint density at radius 3 is 2.09 bits per heavy atom. The normalized spacial score (nSPS) is 20.4. The van der Waals surface area contributed by atoms with Gasteiger partial charge in [-0.1, -0.05) is 55.0 Å². The summed E-state index contributed by atoms with van der Waals surface area (Å²) in [6.07, 6.45) is 1.92. The molecular formula is C27H30N2O6. The SMILES string of the molecule is CC(O)C(NC(=O)C1(NC(=O)OCC2c3ccccc3-c3ccccc32)CC2(CCC2)C1)C(=O)O. The average Bonchev–Trinajstić information content (AvgIpc) is 3.10. The van der Waals surface area contributed by atoms with Crippen LogP contribution in [0.4, 0.5) is 4.79 Å². The van der Waals surface area contributed by atoms with E-state index in [4.69, 9.17) is 4.74 Å². The van der Waals surface area contributed by atoms with Crippen molar-refractivity contribution in [2.75, 3.05) is 6.61 Å². The highest BCUT2D eigenvalue weighted by molar-refractivity contribution is 5.94. The van der Waals surface area contributed by atoms with Crippen LogP contribution in [0.25, 0.3) is 11.1 Å². The van der Waals surface area contributed by atoms with E-state index in [1.807, 2.05) is 36.4 Å². The molecule has 3 aliphatic carbocycles. The van der Waals surface area contributed by atoms with Crippen molar-refractivity contribution in [3.05, 3.63) is 59.7 Å². The van der Waals surface area contributed by atoms with Crippen LogP contribution in [-0.4, -0.2) is 52.5 Å². The average molecular weight is 479 g/mol. The first-order valence-electron chi connectivity index (χ1n) is 12.1. The molecular weight excluding hydrogens is 448 g/mol. The molecule has 5 rings (SSSR count). The van der Waals surface area contributed by atoms with E-state index in [0.29, 0.717) is 12.8 Å². The van der Waals surface area contributed by atoms with Gasteiger partial charge in [0, 0.05) is 5.92 Å². The number of hydrogen-bond donors (Lipinski definition) is 4. The number of fused-ring (bicyclic) bond motifs is 3. The number of aliphatic carboxylic acids is 1. The third kappa shape index (κ3) is 4.05. The lowest BCUT2D eigenvalue weighted by atomic mass is 9.48. The van der Waals surface area contributed by atoms with E-state index in [1.165, 1.54) is 6.92 Å². The van der Waals surface area contributed by atoms with Gasteiger partial charge in [-0.15, -0.1) is 0 Å². The lowest BCUT2D eigenvalue weighted by Crippen LogP contribution is -2.72. The molecule has 0 radical (unpaired) electrons. The van der Waals surface area contributed by atoms with Gasteiger partial charge in [0.25, 0.3) is 0 Å². The Kier molecular flexibility index (Phi) is 5.79. The van der Waals surface area contributed by atoms with Crippen molar-refractivity contribution in [2.24, 2.45) is 5.41 Å². The number of carboxylic acids is 1. The molecule has 1 spiro atoms. The number of carboxylic acid groups (broad SMARTS) is 1. The molecule has 184 valence electrons. The summed E-state index contributed by atoms with van der Waals surface area (Å²) in [4.78, 5) is 37.6. The zero-order chi connectivity index (χ0) is 24.8. The molecule has 8 nitrogen and oxygen atoms in total. The highest BCUT2D eigenvalue weighted by Crippen LogP contribution is 2.60. The van der Waals surface area contributed by atoms with Gasteiger partial charge in [0.1, 0.15) is 12.1 Å².